The van der Waals surface area contributed by atoms with Crippen LogP contribution in [-0.4, -0.2) is 17.7 Å². The monoisotopic (exact) mass is 322 g/mol. The molecular formula is C15H12F2N2O4. The molecule has 0 bridgehead atoms. The SMILES string of the molecule is O=[N+]([O-])c1cccc(CO/N=C\c2ccccc2OC(F)F)c1. The van der Waals surface area contributed by atoms with Crippen molar-refractivity contribution in [3.8, 4) is 5.75 Å². The molecule has 0 radical (unpaired) electrons. The third-order valence-electron chi connectivity index (χ3n) is 2.75. The second-order valence-electron chi connectivity index (χ2n) is 4.35. The largest absolute Gasteiger partial charge is 0.434 e. The molecule has 0 N–H and O–H groups in total. The lowest BCUT2D eigenvalue weighted by Crippen LogP contribution is -2.04. The molecule has 0 unspecified atom stereocenters. The summed E-state index contributed by atoms with van der Waals surface area (Å²) in [5.74, 6) is -0.0230. The van der Waals surface area contributed by atoms with Crippen molar-refractivity contribution >= 4 is 11.9 Å². The van der Waals surface area contributed by atoms with E-state index in [0.29, 0.717) is 11.1 Å². The molecule has 0 heterocycles. The lowest BCUT2D eigenvalue weighted by molar-refractivity contribution is -0.384. The number of halogens is 2. The van der Waals surface area contributed by atoms with Gasteiger partial charge in [0.15, 0.2) is 0 Å². The fourth-order valence-electron chi connectivity index (χ4n) is 1.76. The van der Waals surface area contributed by atoms with Crippen molar-refractivity contribution in [3.05, 3.63) is 69.8 Å². The number of rotatable bonds is 7. The summed E-state index contributed by atoms with van der Waals surface area (Å²) in [6.45, 7) is -2.92. The number of hydrogen-bond donors (Lipinski definition) is 0. The highest BCUT2D eigenvalue weighted by Crippen LogP contribution is 2.18. The third kappa shape index (κ3) is 5.03. The first kappa shape index (κ1) is 16.3. The fourth-order valence-corrected chi connectivity index (χ4v) is 1.76. The van der Waals surface area contributed by atoms with Gasteiger partial charge < -0.3 is 9.57 Å². The summed E-state index contributed by atoms with van der Waals surface area (Å²) in [4.78, 5) is 15.2. The van der Waals surface area contributed by atoms with Crippen LogP contribution in [-0.2, 0) is 11.4 Å². The number of hydrogen-bond acceptors (Lipinski definition) is 5. The van der Waals surface area contributed by atoms with Gasteiger partial charge in [0.1, 0.15) is 12.4 Å². The van der Waals surface area contributed by atoms with Gasteiger partial charge in [-0.15, -0.1) is 0 Å². The second-order valence-corrected chi connectivity index (χ2v) is 4.35. The number of para-hydroxylation sites is 1. The number of oxime groups is 1. The second kappa shape index (κ2) is 7.83. The number of non-ortho nitro benzene ring substituents is 1. The van der Waals surface area contributed by atoms with Gasteiger partial charge in [0.05, 0.1) is 11.1 Å². The van der Waals surface area contributed by atoms with E-state index in [9.17, 15) is 18.9 Å². The molecule has 0 atom stereocenters. The summed E-state index contributed by atoms with van der Waals surface area (Å²) in [6.07, 6.45) is 1.23. The Bertz CT molecular complexity index is 707. The molecular weight excluding hydrogens is 310 g/mol. The van der Waals surface area contributed by atoms with Gasteiger partial charge in [0.2, 0.25) is 0 Å². The van der Waals surface area contributed by atoms with E-state index in [-0.39, 0.29) is 18.0 Å². The van der Waals surface area contributed by atoms with Crippen molar-refractivity contribution in [2.45, 2.75) is 13.2 Å². The molecule has 0 aromatic heterocycles. The molecule has 2 aromatic carbocycles. The maximum absolute atomic E-state index is 12.3. The molecule has 2 rings (SSSR count). The molecule has 120 valence electrons. The van der Waals surface area contributed by atoms with E-state index in [4.69, 9.17) is 4.84 Å². The molecule has 0 amide bonds. The van der Waals surface area contributed by atoms with Gasteiger partial charge in [0.25, 0.3) is 5.69 Å². The lowest BCUT2D eigenvalue weighted by atomic mass is 10.2. The average Bonchev–Trinajstić information content (AvgIpc) is 2.53. The van der Waals surface area contributed by atoms with Gasteiger partial charge in [-0.2, -0.15) is 8.78 Å². The summed E-state index contributed by atoms with van der Waals surface area (Å²) < 4.78 is 28.9. The highest BCUT2D eigenvalue weighted by Gasteiger charge is 2.08. The molecule has 2 aromatic rings. The van der Waals surface area contributed by atoms with Crippen LogP contribution >= 0.6 is 0 Å². The molecule has 0 saturated carbocycles. The first-order valence-electron chi connectivity index (χ1n) is 6.49. The van der Waals surface area contributed by atoms with Gasteiger partial charge in [0, 0.05) is 17.7 Å². The van der Waals surface area contributed by atoms with Crippen LogP contribution in [0.25, 0.3) is 0 Å². The van der Waals surface area contributed by atoms with E-state index in [1.165, 1.54) is 36.5 Å². The summed E-state index contributed by atoms with van der Waals surface area (Å²) in [7, 11) is 0. The minimum Gasteiger partial charge on any atom is -0.434 e. The van der Waals surface area contributed by atoms with Gasteiger partial charge in [-0.1, -0.05) is 29.4 Å². The molecule has 0 aliphatic rings. The standard InChI is InChI=1S/C15H12F2N2O4/c16-15(17)23-14-7-2-1-5-12(14)9-18-22-10-11-4-3-6-13(8-11)19(20)21/h1-9,15H,10H2/b18-9-. The Morgan fingerprint density at radius 3 is 2.74 bits per heavy atom. The molecule has 0 aliphatic carbocycles. The zero-order valence-corrected chi connectivity index (χ0v) is 11.8. The van der Waals surface area contributed by atoms with Crippen LogP contribution < -0.4 is 4.74 Å². The topological polar surface area (TPSA) is 74.0 Å². The van der Waals surface area contributed by atoms with Gasteiger partial charge in [-0.25, -0.2) is 0 Å². The van der Waals surface area contributed by atoms with Crippen LogP contribution in [0.3, 0.4) is 0 Å². The maximum Gasteiger partial charge on any atom is 0.387 e. The van der Waals surface area contributed by atoms with Crippen LogP contribution in [0, 0.1) is 10.1 Å². The fraction of sp³-hybridized carbons (Fsp3) is 0.133. The number of nitro benzene ring substituents is 1. The van der Waals surface area contributed by atoms with Crippen LogP contribution in [0.1, 0.15) is 11.1 Å². The zero-order chi connectivity index (χ0) is 16.7. The highest BCUT2D eigenvalue weighted by molar-refractivity contribution is 5.83. The highest BCUT2D eigenvalue weighted by atomic mass is 19.3. The Labute approximate surface area is 130 Å². The Balaban J connectivity index is 1.97. The number of alkyl halides is 2. The minimum atomic E-state index is -2.93. The Morgan fingerprint density at radius 2 is 2.00 bits per heavy atom. The molecule has 0 spiro atoms. The summed E-state index contributed by atoms with van der Waals surface area (Å²) in [5.41, 5.74) is 0.839. The van der Waals surface area contributed by atoms with Gasteiger partial charge in [-0.3, -0.25) is 10.1 Å². The predicted molar refractivity (Wildman–Crippen MR) is 78.6 cm³/mol. The van der Waals surface area contributed by atoms with Gasteiger partial charge in [-0.05, 0) is 17.7 Å². The van der Waals surface area contributed by atoms with Crippen LogP contribution in [0.2, 0.25) is 0 Å². The molecule has 8 heteroatoms. The van der Waals surface area contributed by atoms with E-state index in [1.807, 2.05) is 0 Å². The minimum absolute atomic E-state index is 0.00997. The predicted octanol–water partition coefficient (Wildman–Crippen LogP) is 3.75. The van der Waals surface area contributed by atoms with Crippen molar-refractivity contribution < 1.29 is 23.3 Å². The van der Waals surface area contributed by atoms with Crippen molar-refractivity contribution in [2.24, 2.45) is 5.16 Å². The van der Waals surface area contributed by atoms with Crippen molar-refractivity contribution in [3.63, 3.8) is 0 Å². The maximum atomic E-state index is 12.3. The Kier molecular flexibility index (Phi) is 5.56. The van der Waals surface area contributed by atoms with Crippen molar-refractivity contribution in [1.29, 1.82) is 0 Å². The average molecular weight is 322 g/mol. The Morgan fingerprint density at radius 1 is 1.22 bits per heavy atom. The number of benzene rings is 2. The number of nitro groups is 1. The van der Waals surface area contributed by atoms with E-state index in [0.717, 1.165) is 0 Å². The normalized spacial score (nSPS) is 10.9. The van der Waals surface area contributed by atoms with E-state index < -0.39 is 11.5 Å². The van der Waals surface area contributed by atoms with Crippen LogP contribution in [0.5, 0.6) is 5.75 Å². The number of nitrogens with zero attached hydrogens (tertiary/aromatic N) is 2. The van der Waals surface area contributed by atoms with E-state index >= 15 is 0 Å². The smallest absolute Gasteiger partial charge is 0.387 e. The Hall–Kier alpha value is -3.03. The number of ether oxygens (including phenoxy) is 1. The van der Waals surface area contributed by atoms with Crippen LogP contribution in [0.4, 0.5) is 14.5 Å². The molecule has 6 nitrogen and oxygen atoms in total. The third-order valence-corrected chi connectivity index (χ3v) is 2.75. The van der Waals surface area contributed by atoms with Crippen molar-refractivity contribution in [1.82, 2.24) is 0 Å². The van der Waals surface area contributed by atoms with Gasteiger partial charge >= 0.3 is 6.61 Å². The van der Waals surface area contributed by atoms with Crippen LogP contribution in [0.15, 0.2) is 53.7 Å². The first-order chi connectivity index (χ1) is 11.1. The van der Waals surface area contributed by atoms with E-state index in [1.54, 1.807) is 18.2 Å². The zero-order valence-electron chi connectivity index (χ0n) is 11.8. The summed E-state index contributed by atoms with van der Waals surface area (Å²) in [5, 5.41) is 14.3. The molecule has 0 fully saturated rings. The molecule has 0 aliphatic heterocycles. The lowest BCUT2D eigenvalue weighted by Gasteiger charge is -2.06. The first-order valence-corrected chi connectivity index (χ1v) is 6.49. The summed E-state index contributed by atoms with van der Waals surface area (Å²) >= 11 is 0. The molecule has 0 saturated heterocycles. The molecule has 23 heavy (non-hydrogen) atoms. The van der Waals surface area contributed by atoms with E-state index in [2.05, 4.69) is 9.89 Å². The summed E-state index contributed by atoms with van der Waals surface area (Å²) in [6, 6.07) is 12.0. The van der Waals surface area contributed by atoms with Crippen molar-refractivity contribution in [2.75, 3.05) is 0 Å². The quantitative estimate of drug-likeness (QED) is 0.442.